The maximum Gasteiger partial charge on any atom is 0.238 e. The maximum atomic E-state index is 4.57. The first-order valence-corrected chi connectivity index (χ1v) is 7.33. The molecule has 0 saturated carbocycles. The first kappa shape index (κ1) is 13.7. The Labute approximate surface area is 127 Å². The van der Waals surface area contributed by atoms with Gasteiger partial charge in [-0.25, -0.2) is 9.97 Å². The van der Waals surface area contributed by atoms with Gasteiger partial charge >= 0.3 is 0 Å². The lowest BCUT2D eigenvalue weighted by Gasteiger charge is -2.06. The smallest absolute Gasteiger partial charge is 0.238 e. The van der Waals surface area contributed by atoms with Gasteiger partial charge in [-0.3, -0.25) is 0 Å². The van der Waals surface area contributed by atoms with Crippen LogP contribution < -0.4 is 10.2 Å². The normalized spacial score (nSPS) is 10.9. The number of benzene rings is 1. The first-order chi connectivity index (χ1) is 10.0. The molecular weight excluding hydrogens is 284 g/mol. The van der Waals surface area contributed by atoms with Crippen LogP contribution in [0.3, 0.4) is 0 Å². The molecule has 1 N–H and O–H groups in total. The summed E-state index contributed by atoms with van der Waals surface area (Å²) in [5.41, 5.74) is 4.62. The van der Waals surface area contributed by atoms with Crippen molar-refractivity contribution in [3.05, 3.63) is 29.6 Å². The summed E-state index contributed by atoms with van der Waals surface area (Å²) >= 11 is 1.33. The van der Waals surface area contributed by atoms with Gasteiger partial charge in [-0.05, 0) is 32.0 Å². The number of nitrogens with one attached hydrogen (secondary N) is 1. The van der Waals surface area contributed by atoms with Crippen molar-refractivity contribution in [1.29, 1.82) is 0 Å². The van der Waals surface area contributed by atoms with Gasteiger partial charge in [0.2, 0.25) is 11.1 Å². The molecule has 21 heavy (non-hydrogen) atoms. The minimum Gasteiger partial charge on any atom is -0.346 e. The van der Waals surface area contributed by atoms with Crippen molar-refractivity contribution in [2.45, 2.75) is 13.8 Å². The number of aryl methyl sites for hydroxylation is 2. The van der Waals surface area contributed by atoms with Gasteiger partial charge in [-0.2, -0.15) is 9.36 Å². The zero-order valence-electron chi connectivity index (χ0n) is 12.4. The zero-order chi connectivity index (χ0) is 15.0. The zero-order valence-corrected chi connectivity index (χ0v) is 13.2. The Balaban J connectivity index is 1.91. The molecule has 0 spiro atoms. The highest BCUT2D eigenvalue weighted by atomic mass is 32.1. The number of nitrogens with zero attached hydrogens (tertiary/aromatic N) is 5. The number of hydrogen-bond donors (Lipinski definition) is 1. The molecule has 0 aliphatic carbocycles. The quantitative estimate of drug-likeness (QED) is 0.802. The molecule has 0 radical (unpaired) electrons. The highest BCUT2D eigenvalue weighted by molar-refractivity contribution is 7.10. The first-order valence-electron chi connectivity index (χ1n) is 6.56. The molecule has 7 heteroatoms. The topological polar surface area (TPSA) is 66.8 Å². The second-order valence-corrected chi connectivity index (χ2v) is 5.77. The van der Waals surface area contributed by atoms with E-state index >= 15 is 0 Å². The van der Waals surface area contributed by atoms with E-state index in [9.17, 15) is 0 Å². The molecule has 0 saturated heterocycles. The summed E-state index contributed by atoms with van der Waals surface area (Å²) in [5, 5.41) is 4.01. The van der Waals surface area contributed by atoms with E-state index in [1.807, 2.05) is 51.0 Å². The van der Waals surface area contributed by atoms with E-state index in [1.54, 1.807) is 0 Å². The van der Waals surface area contributed by atoms with Gasteiger partial charge in [0.1, 0.15) is 0 Å². The van der Waals surface area contributed by atoms with Gasteiger partial charge in [-0.1, -0.05) is 0 Å². The van der Waals surface area contributed by atoms with Gasteiger partial charge in [0.05, 0.1) is 22.4 Å². The summed E-state index contributed by atoms with van der Waals surface area (Å²) in [7, 11) is 3.84. The van der Waals surface area contributed by atoms with Gasteiger partial charge < -0.3 is 10.2 Å². The number of rotatable bonds is 3. The summed E-state index contributed by atoms with van der Waals surface area (Å²) in [6.45, 7) is 3.94. The van der Waals surface area contributed by atoms with E-state index in [1.165, 1.54) is 11.5 Å². The van der Waals surface area contributed by atoms with Crippen LogP contribution in [0, 0.1) is 13.8 Å². The fourth-order valence-corrected chi connectivity index (χ4v) is 2.54. The fourth-order valence-electron chi connectivity index (χ4n) is 1.88. The summed E-state index contributed by atoms with van der Waals surface area (Å²) in [4.78, 5) is 15.4. The van der Waals surface area contributed by atoms with Crippen LogP contribution in [0.1, 0.15) is 11.4 Å². The molecule has 0 fully saturated rings. The third-order valence-electron chi connectivity index (χ3n) is 3.14. The number of hydrogen-bond acceptors (Lipinski definition) is 7. The Kier molecular flexibility index (Phi) is 3.42. The van der Waals surface area contributed by atoms with Crippen molar-refractivity contribution in [2.75, 3.05) is 24.3 Å². The van der Waals surface area contributed by atoms with E-state index < -0.39 is 0 Å². The molecule has 0 aliphatic heterocycles. The molecule has 3 aromatic rings. The Morgan fingerprint density at radius 1 is 1.00 bits per heavy atom. The van der Waals surface area contributed by atoms with Crippen LogP contribution in [0.5, 0.6) is 0 Å². The highest BCUT2D eigenvalue weighted by Crippen LogP contribution is 2.23. The van der Waals surface area contributed by atoms with Crippen LogP contribution in [-0.4, -0.2) is 33.4 Å². The van der Waals surface area contributed by atoms with Gasteiger partial charge in [0.15, 0.2) is 0 Å². The predicted octanol–water partition coefficient (Wildman–Crippen LogP) is 2.91. The van der Waals surface area contributed by atoms with Crippen LogP contribution >= 0.6 is 11.5 Å². The van der Waals surface area contributed by atoms with Crippen LogP contribution in [-0.2, 0) is 0 Å². The molecule has 0 bridgehead atoms. The fraction of sp³-hybridized carbons (Fsp3) is 0.286. The van der Waals surface area contributed by atoms with Crippen molar-refractivity contribution < 1.29 is 0 Å². The van der Waals surface area contributed by atoms with Crippen molar-refractivity contribution >= 4 is 39.3 Å². The average Bonchev–Trinajstić information content (AvgIpc) is 2.89. The Bertz CT molecular complexity index is 795. The minimum absolute atomic E-state index is 0.703. The van der Waals surface area contributed by atoms with E-state index in [-0.39, 0.29) is 0 Å². The second-order valence-electron chi connectivity index (χ2n) is 5.02. The van der Waals surface area contributed by atoms with Crippen molar-refractivity contribution in [1.82, 2.24) is 19.3 Å². The predicted molar refractivity (Wildman–Crippen MR) is 86.5 cm³/mol. The van der Waals surface area contributed by atoms with Crippen molar-refractivity contribution in [3.63, 3.8) is 0 Å². The highest BCUT2D eigenvalue weighted by Gasteiger charge is 2.07. The van der Waals surface area contributed by atoms with Crippen LogP contribution in [0.25, 0.3) is 11.0 Å². The largest absolute Gasteiger partial charge is 0.346 e. The Hall–Kier alpha value is -2.28. The van der Waals surface area contributed by atoms with E-state index in [2.05, 4.69) is 24.6 Å². The van der Waals surface area contributed by atoms with E-state index in [0.29, 0.717) is 5.95 Å². The summed E-state index contributed by atoms with van der Waals surface area (Å²) in [6, 6.07) is 5.92. The molecule has 2 heterocycles. The van der Waals surface area contributed by atoms with Gasteiger partial charge in [0.25, 0.3) is 0 Å². The SMILES string of the molecule is Cc1nc2ccc(Nc3nc(N(C)C)ns3)cc2nc1C. The lowest BCUT2D eigenvalue weighted by Crippen LogP contribution is -2.10. The van der Waals surface area contributed by atoms with Crippen molar-refractivity contribution in [2.24, 2.45) is 0 Å². The molecule has 108 valence electrons. The number of anilines is 3. The Morgan fingerprint density at radius 3 is 2.38 bits per heavy atom. The van der Waals surface area contributed by atoms with Crippen LogP contribution in [0.15, 0.2) is 18.2 Å². The third kappa shape index (κ3) is 2.78. The van der Waals surface area contributed by atoms with Crippen LogP contribution in [0.4, 0.5) is 16.8 Å². The van der Waals surface area contributed by atoms with Gasteiger partial charge in [0, 0.05) is 31.3 Å². The monoisotopic (exact) mass is 300 g/mol. The average molecular weight is 300 g/mol. The number of fused-ring (bicyclic) bond motifs is 1. The summed E-state index contributed by atoms with van der Waals surface area (Å²) in [5.74, 6) is 0.703. The molecular formula is C14H16N6S. The van der Waals surface area contributed by atoms with Crippen LogP contribution in [0.2, 0.25) is 0 Å². The molecule has 0 amide bonds. The second kappa shape index (κ2) is 5.25. The molecule has 3 rings (SSSR count). The standard InChI is InChI=1S/C14H16N6S/c1-8-9(2)16-12-7-10(5-6-11(12)15-8)17-14-18-13(19-21-14)20(3)4/h5-7H,1-4H3,(H,17,18,19). The number of aromatic nitrogens is 4. The van der Waals surface area contributed by atoms with E-state index in [0.717, 1.165) is 33.2 Å². The molecule has 0 atom stereocenters. The molecule has 6 nitrogen and oxygen atoms in total. The summed E-state index contributed by atoms with van der Waals surface area (Å²) in [6.07, 6.45) is 0. The summed E-state index contributed by atoms with van der Waals surface area (Å²) < 4.78 is 4.27. The lowest BCUT2D eigenvalue weighted by atomic mass is 10.2. The Morgan fingerprint density at radius 2 is 1.71 bits per heavy atom. The molecule has 2 aromatic heterocycles. The third-order valence-corrected chi connectivity index (χ3v) is 3.76. The molecule has 1 aromatic carbocycles. The lowest BCUT2D eigenvalue weighted by molar-refractivity contribution is 1.05. The molecule has 0 unspecified atom stereocenters. The molecule has 0 aliphatic rings. The van der Waals surface area contributed by atoms with E-state index in [4.69, 9.17) is 0 Å². The van der Waals surface area contributed by atoms with Crippen molar-refractivity contribution in [3.8, 4) is 0 Å². The minimum atomic E-state index is 0.703. The van der Waals surface area contributed by atoms with Gasteiger partial charge in [-0.15, -0.1) is 0 Å². The maximum absolute atomic E-state index is 4.57.